The second kappa shape index (κ2) is 5.90. The monoisotopic (exact) mass is 373 g/mol. The molecule has 2 atom stereocenters. The molecule has 0 saturated heterocycles. The van der Waals surface area contributed by atoms with E-state index in [0.717, 1.165) is 21.2 Å². The number of amides is 1. The van der Waals surface area contributed by atoms with Gasteiger partial charge in [-0.3, -0.25) is 9.59 Å². The molecule has 2 rings (SSSR count). The average Bonchev–Trinajstić information content (AvgIpc) is 3.07. The Kier molecular flexibility index (Phi) is 4.44. The lowest BCUT2D eigenvalue weighted by Gasteiger charge is -2.09. The number of carbonyl (C=O) groups excluding carboxylic acids is 2. The zero-order valence-corrected chi connectivity index (χ0v) is 13.1. The minimum absolute atomic E-state index is 0.00663. The maximum absolute atomic E-state index is 11.7. The van der Waals surface area contributed by atoms with Gasteiger partial charge in [-0.15, -0.1) is 0 Å². The molecule has 0 bridgehead atoms. The van der Waals surface area contributed by atoms with Crippen molar-refractivity contribution >= 4 is 40.2 Å². The van der Waals surface area contributed by atoms with Crippen molar-refractivity contribution in [3.8, 4) is 0 Å². The molecule has 102 valence electrons. The number of esters is 1. The summed E-state index contributed by atoms with van der Waals surface area (Å²) >= 11 is 2.22. The highest BCUT2D eigenvalue weighted by molar-refractivity contribution is 14.1. The van der Waals surface area contributed by atoms with Gasteiger partial charge in [0.25, 0.3) is 5.91 Å². The van der Waals surface area contributed by atoms with Gasteiger partial charge in [0.15, 0.2) is 6.61 Å². The van der Waals surface area contributed by atoms with E-state index in [1.54, 1.807) is 0 Å². The third-order valence-electron chi connectivity index (χ3n) is 3.22. The highest BCUT2D eigenvalue weighted by atomic mass is 127. The first kappa shape index (κ1) is 14.3. The van der Waals surface area contributed by atoms with Gasteiger partial charge < -0.3 is 10.1 Å². The molecule has 1 fully saturated rings. The average molecular weight is 373 g/mol. The Labute approximate surface area is 126 Å². The van der Waals surface area contributed by atoms with Crippen LogP contribution in [0.1, 0.15) is 18.9 Å². The SMILES string of the molecule is Cc1cc(I)ccc1NC(=O)COC(=O)[C@H]1C[C@H]1C. The molecule has 0 unspecified atom stereocenters. The number of aryl methyl sites for hydroxylation is 1. The van der Waals surface area contributed by atoms with Crippen molar-refractivity contribution in [2.75, 3.05) is 11.9 Å². The summed E-state index contributed by atoms with van der Waals surface area (Å²) in [6, 6.07) is 5.74. The number of nitrogens with one attached hydrogen (secondary N) is 1. The molecular weight excluding hydrogens is 357 g/mol. The highest BCUT2D eigenvalue weighted by Gasteiger charge is 2.40. The van der Waals surface area contributed by atoms with Crippen LogP contribution in [0, 0.1) is 22.3 Å². The number of carbonyl (C=O) groups is 2. The van der Waals surface area contributed by atoms with E-state index < -0.39 is 0 Å². The summed E-state index contributed by atoms with van der Waals surface area (Å²) in [5, 5.41) is 2.74. The third kappa shape index (κ3) is 3.92. The molecule has 0 spiro atoms. The van der Waals surface area contributed by atoms with Gasteiger partial charge in [-0.1, -0.05) is 6.92 Å². The van der Waals surface area contributed by atoms with Crippen molar-refractivity contribution in [1.29, 1.82) is 0 Å². The summed E-state index contributed by atoms with van der Waals surface area (Å²) in [6.07, 6.45) is 0.872. The fraction of sp³-hybridized carbons (Fsp3) is 0.429. The molecule has 1 aromatic rings. The maximum atomic E-state index is 11.7. The Hall–Kier alpha value is -1.11. The van der Waals surface area contributed by atoms with Crippen LogP contribution in [0.3, 0.4) is 0 Å². The lowest BCUT2D eigenvalue weighted by atomic mass is 10.2. The van der Waals surface area contributed by atoms with E-state index in [1.165, 1.54) is 0 Å². The van der Waals surface area contributed by atoms with Crippen LogP contribution in [-0.4, -0.2) is 18.5 Å². The molecule has 1 amide bonds. The normalized spacial score (nSPS) is 20.8. The number of ether oxygens (including phenoxy) is 1. The summed E-state index contributed by atoms with van der Waals surface area (Å²) in [6.45, 7) is 3.71. The molecule has 0 radical (unpaired) electrons. The van der Waals surface area contributed by atoms with Gasteiger partial charge in [-0.05, 0) is 65.6 Å². The lowest BCUT2D eigenvalue weighted by molar-refractivity contribution is -0.148. The molecule has 0 heterocycles. The van der Waals surface area contributed by atoms with Crippen molar-refractivity contribution in [3.05, 3.63) is 27.3 Å². The molecule has 4 nitrogen and oxygen atoms in total. The van der Waals surface area contributed by atoms with Crippen molar-refractivity contribution < 1.29 is 14.3 Å². The highest BCUT2D eigenvalue weighted by Crippen LogP contribution is 2.38. The van der Waals surface area contributed by atoms with Crippen molar-refractivity contribution in [2.24, 2.45) is 11.8 Å². The Balaban J connectivity index is 1.82. The molecule has 1 saturated carbocycles. The molecule has 0 aliphatic heterocycles. The first-order valence-corrected chi connectivity index (χ1v) is 7.28. The van der Waals surface area contributed by atoms with Crippen LogP contribution in [0.15, 0.2) is 18.2 Å². The summed E-state index contributed by atoms with van der Waals surface area (Å²) in [7, 11) is 0. The van der Waals surface area contributed by atoms with E-state index in [4.69, 9.17) is 4.74 Å². The Bertz CT molecular complexity index is 515. The van der Waals surface area contributed by atoms with Crippen LogP contribution in [0.5, 0.6) is 0 Å². The Morgan fingerprint density at radius 2 is 2.16 bits per heavy atom. The predicted molar refractivity (Wildman–Crippen MR) is 80.8 cm³/mol. The van der Waals surface area contributed by atoms with E-state index in [2.05, 4.69) is 27.9 Å². The third-order valence-corrected chi connectivity index (χ3v) is 3.89. The zero-order valence-electron chi connectivity index (χ0n) is 10.9. The molecule has 1 N–H and O–H groups in total. The molecular formula is C14H16INO3. The van der Waals surface area contributed by atoms with Gasteiger partial charge in [0, 0.05) is 9.26 Å². The summed E-state index contributed by atoms with van der Waals surface area (Å²) in [4.78, 5) is 23.2. The fourth-order valence-electron chi connectivity index (χ4n) is 1.85. The Morgan fingerprint density at radius 3 is 2.74 bits per heavy atom. The zero-order chi connectivity index (χ0) is 14.0. The molecule has 5 heteroatoms. The molecule has 0 aromatic heterocycles. The first-order chi connectivity index (χ1) is 8.97. The number of anilines is 1. The van der Waals surface area contributed by atoms with Gasteiger partial charge in [-0.25, -0.2) is 0 Å². The first-order valence-electron chi connectivity index (χ1n) is 6.20. The van der Waals surface area contributed by atoms with Crippen molar-refractivity contribution in [3.63, 3.8) is 0 Å². The smallest absolute Gasteiger partial charge is 0.309 e. The van der Waals surface area contributed by atoms with Gasteiger partial charge in [-0.2, -0.15) is 0 Å². The second-order valence-corrected chi connectivity index (χ2v) is 6.18. The fourth-order valence-corrected chi connectivity index (χ4v) is 2.49. The number of hydrogen-bond donors (Lipinski definition) is 1. The predicted octanol–water partition coefficient (Wildman–Crippen LogP) is 2.74. The topological polar surface area (TPSA) is 55.4 Å². The standard InChI is InChI=1S/C14H16INO3/c1-8-6-11(8)14(18)19-7-13(17)16-12-4-3-10(15)5-9(12)2/h3-5,8,11H,6-7H2,1-2H3,(H,16,17)/t8-,11+/m1/s1. The second-order valence-electron chi connectivity index (χ2n) is 4.93. The van der Waals surface area contributed by atoms with E-state index >= 15 is 0 Å². The Morgan fingerprint density at radius 1 is 1.47 bits per heavy atom. The van der Waals surface area contributed by atoms with E-state index in [0.29, 0.717) is 5.92 Å². The van der Waals surface area contributed by atoms with E-state index in [1.807, 2.05) is 32.0 Å². The molecule has 1 aliphatic rings. The van der Waals surface area contributed by atoms with Crippen LogP contribution in [-0.2, 0) is 14.3 Å². The maximum Gasteiger partial charge on any atom is 0.309 e. The minimum atomic E-state index is -0.300. The van der Waals surface area contributed by atoms with Gasteiger partial charge in [0.1, 0.15) is 0 Å². The summed E-state index contributed by atoms with van der Waals surface area (Å²) < 4.78 is 6.09. The van der Waals surface area contributed by atoms with E-state index in [-0.39, 0.29) is 24.4 Å². The van der Waals surface area contributed by atoms with Gasteiger partial charge in [0.2, 0.25) is 0 Å². The van der Waals surface area contributed by atoms with Crippen LogP contribution in [0.25, 0.3) is 0 Å². The van der Waals surface area contributed by atoms with Crippen molar-refractivity contribution in [1.82, 2.24) is 0 Å². The number of halogens is 1. The van der Waals surface area contributed by atoms with Gasteiger partial charge in [0.05, 0.1) is 5.92 Å². The quantitative estimate of drug-likeness (QED) is 0.652. The largest absolute Gasteiger partial charge is 0.455 e. The van der Waals surface area contributed by atoms with Crippen LogP contribution < -0.4 is 5.32 Å². The van der Waals surface area contributed by atoms with Crippen molar-refractivity contribution in [2.45, 2.75) is 20.3 Å². The van der Waals surface area contributed by atoms with Crippen LogP contribution in [0.2, 0.25) is 0 Å². The van der Waals surface area contributed by atoms with Gasteiger partial charge >= 0.3 is 5.97 Å². The molecule has 1 aromatic carbocycles. The number of hydrogen-bond acceptors (Lipinski definition) is 3. The number of benzene rings is 1. The number of rotatable bonds is 4. The van der Waals surface area contributed by atoms with E-state index in [9.17, 15) is 9.59 Å². The lowest BCUT2D eigenvalue weighted by Crippen LogP contribution is -2.22. The summed E-state index contributed by atoms with van der Waals surface area (Å²) in [5.74, 6) is -0.171. The minimum Gasteiger partial charge on any atom is -0.455 e. The van der Waals surface area contributed by atoms with Crippen LogP contribution in [0.4, 0.5) is 5.69 Å². The summed E-state index contributed by atoms with van der Waals surface area (Å²) in [5.41, 5.74) is 1.74. The van der Waals surface area contributed by atoms with Crippen LogP contribution >= 0.6 is 22.6 Å². The molecule has 1 aliphatic carbocycles. The molecule has 19 heavy (non-hydrogen) atoms.